The number of anilines is 1. The van der Waals surface area contributed by atoms with E-state index in [0.717, 1.165) is 6.07 Å². The van der Waals surface area contributed by atoms with Gasteiger partial charge in [-0.05, 0) is 13.0 Å². The van der Waals surface area contributed by atoms with E-state index in [0.29, 0.717) is 6.07 Å². The predicted octanol–water partition coefficient (Wildman–Crippen LogP) is 2.47. The molecule has 0 bridgehead atoms. The van der Waals surface area contributed by atoms with E-state index >= 15 is 0 Å². The number of ether oxygens (including phenoxy) is 1. The zero-order valence-corrected chi connectivity index (χ0v) is 8.92. The number of nitrogens with two attached hydrogens (primary N) is 1. The molecule has 0 radical (unpaired) electrons. The summed E-state index contributed by atoms with van der Waals surface area (Å²) in [5.74, 6) is -2.83. The summed E-state index contributed by atoms with van der Waals surface area (Å²) in [5, 5.41) is 0.0190. The molecule has 1 aromatic carbocycles. The van der Waals surface area contributed by atoms with Gasteiger partial charge in [0.15, 0.2) is 11.4 Å². The molecule has 0 saturated heterocycles. The molecule has 90 valence electrons. The monoisotopic (exact) mass is 241 g/mol. The van der Waals surface area contributed by atoms with E-state index in [2.05, 4.69) is 4.74 Å². The second-order valence-corrected chi connectivity index (χ2v) is 3.33. The van der Waals surface area contributed by atoms with Crippen LogP contribution in [0, 0.1) is 11.6 Å². The molecule has 0 atom stereocenters. The topological polar surface area (TPSA) is 65.5 Å². The molecule has 6 heteroatoms. The smallest absolute Gasteiger partial charge is 0.376 e. The molecule has 0 unspecified atom stereocenters. The Morgan fingerprint density at radius 3 is 2.82 bits per heavy atom. The van der Waals surface area contributed by atoms with Crippen LogP contribution in [-0.4, -0.2) is 12.6 Å². The lowest BCUT2D eigenvalue weighted by molar-refractivity contribution is 0.0494. The summed E-state index contributed by atoms with van der Waals surface area (Å²) < 4.78 is 36.0. The van der Waals surface area contributed by atoms with Crippen molar-refractivity contribution >= 4 is 22.6 Å². The third kappa shape index (κ3) is 1.82. The first-order valence-corrected chi connectivity index (χ1v) is 4.88. The number of hydrogen-bond donors (Lipinski definition) is 1. The van der Waals surface area contributed by atoms with Gasteiger partial charge in [0.2, 0.25) is 5.76 Å². The van der Waals surface area contributed by atoms with Crippen LogP contribution in [-0.2, 0) is 4.74 Å². The highest BCUT2D eigenvalue weighted by atomic mass is 19.1. The zero-order valence-electron chi connectivity index (χ0n) is 8.92. The van der Waals surface area contributed by atoms with E-state index in [-0.39, 0.29) is 29.0 Å². The Morgan fingerprint density at radius 1 is 1.47 bits per heavy atom. The molecular formula is C11H9F2NO3. The standard InChI is InChI=1S/C11H9F2NO3/c1-2-16-11(15)10-8(14)6-3-5(12)4-7(13)9(6)17-10/h3-4H,2,14H2,1H3. The number of hydrogen-bond acceptors (Lipinski definition) is 4. The van der Waals surface area contributed by atoms with Gasteiger partial charge in [0.25, 0.3) is 0 Å². The Balaban J connectivity index is 2.64. The number of carbonyl (C=O) groups excluding carboxylic acids is 1. The zero-order chi connectivity index (χ0) is 12.6. The van der Waals surface area contributed by atoms with Crippen LogP contribution in [0.1, 0.15) is 17.5 Å². The molecule has 0 aliphatic heterocycles. The van der Waals surface area contributed by atoms with Crippen molar-refractivity contribution in [2.75, 3.05) is 12.3 Å². The summed E-state index contributed by atoms with van der Waals surface area (Å²) in [6.07, 6.45) is 0. The van der Waals surface area contributed by atoms with E-state index in [1.165, 1.54) is 0 Å². The Bertz CT molecular complexity index is 592. The van der Waals surface area contributed by atoms with Gasteiger partial charge in [-0.3, -0.25) is 0 Å². The van der Waals surface area contributed by atoms with Gasteiger partial charge in [0, 0.05) is 6.07 Å². The molecule has 0 spiro atoms. The van der Waals surface area contributed by atoms with Gasteiger partial charge in [0.05, 0.1) is 17.7 Å². The molecule has 2 N–H and O–H groups in total. The van der Waals surface area contributed by atoms with E-state index in [1.807, 2.05) is 0 Å². The average molecular weight is 241 g/mol. The van der Waals surface area contributed by atoms with E-state index < -0.39 is 17.6 Å². The van der Waals surface area contributed by atoms with Crippen molar-refractivity contribution in [2.24, 2.45) is 0 Å². The van der Waals surface area contributed by atoms with Crippen LogP contribution in [0.15, 0.2) is 16.5 Å². The van der Waals surface area contributed by atoms with Gasteiger partial charge < -0.3 is 14.9 Å². The molecule has 0 saturated carbocycles. The molecule has 1 aromatic heterocycles. The molecule has 1 heterocycles. The van der Waals surface area contributed by atoms with Gasteiger partial charge in [0.1, 0.15) is 5.82 Å². The van der Waals surface area contributed by atoms with Gasteiger partial charge in [-0.2, -0.15) is 0 Å². The van der Waals surface area contributed by atoms with Crippen molar-refractivity contribution in [3.63, 3.8) is 0 Å². The van der Waals surface area contributed by atoms with Crippen molar-refractivity contribution in [2.45, 2.75) is 6.92 Å². The first kappa shape index (κ1) is 11.4. The average Bonchev–Trinajstić information content (AvgIpc) is 2.57. The maximum absolute atomic E-state index is 13.3. The third-order valence-electron chi connectivity index (χ3n) is 2.21. The first-order chi connectivity index (χ1) is 8.04. The number of nitrogen functional groups attached to an aromatic ring is 1. The van der Waals surface area contributed by atoms with E-state index in [9.17, 15) is 13.6 Å². The molecule has 4 nitrogen and oxygen atoms in total. The largest absolute Gasteiger partial charge is 0.460 e. The molecule has 2 aromatic rings. The summed E-state index contributed by atoms with van der Waals surface area (Å²) in [4.78, 5) is 11.4. The molecular weight excluding hydrogens is 232 g/mol. The lowest BCUT2D eigenvalue weighted by atomic mass is 10.2. The number of benzene rings is 1. The lowest BCUT2D eigenvalue weighted by Crippen LogP contribution is -2.05. The van der Waals surface area contributed by atoms with Crippen molar-refractivity contribution < 1.29 is 22.7 Å². The summed E-state index contributed by atoms with van der Waals surface area (Å²) in [6, 6.07) is 1.65. The first-order valence-electron chi connectivity index (χ1n) is 4.88. The fourth-order valence-electron chi connectivity index (χ4n) is 1.49. The lowest BCUT2D eigenvalue weighted by Gasteiger charge is -1.97. The normalized spacial score (nSPS) is 10.8. The second-order valence-electron chi connectivity index (χ2n) is 3.33. The minimum atomic E-state index is -0.915. The van der Waals surface area contributed by atoms with Crippen LogP contribution in [0.4, 0.5) is 14.5 Å². The minimum Gasteiger partial charge on any atom is -0.460 e. The Labute approximate surface area is 94.9 Å². The number of halogens is 2. The van der Waals surface area contributed by atoms with Gasteiger partial charge in [-0.15, -0.1) is 0 Å². The maximum atomic E-state index is 13.3. The molecule has 0 fully saturated rings. The Kier molecular flexibility index (Phi) is 2.71. The molecule has 0 amide bonds. The molecule has 0 aliphatic carbocycles. The molecule has 2 rings (SSSR count). The Hall–Kier alpha value is -2.11. The third-order valence-corrected chi connectivity index (χ3v) is 2.21. The van der Waals surface area contributed by atoms with Crippen LogP contribution >= 0.6 is 0 Å². The SMILES string of the molecule is CCOC(=O)c1oc2c(F)cc(F)cc2c1N. The number of fused-ring (bicyclic) bond motifs is 1. The van der Waals surface area contributed by atoms with Crippen LogP contribution in [0.3, 0.4) is 0 Å². The van der Waals surface area contributed by atoms with Crippen molar-refractivity contribution in [1.82, 2.24) is 0 Å². The van der Waals surface area contributed by atoms with Crippen LogP contribution in [0.2, 0.25) is 0 Å². The summed E-state index contributed by atoms with van der Waals surface area (Å²) in [6.45, 7) is 1.74. The quantitative estimate of drug-likeness (QED) is 0.820. The van der Waals surface area contributed by atoms with Crippen molar-refractivity contribution in [3.05, 3.63) is 29.5 Å². The van der Waals surface area contributed by atoms with Gasteiger partial charge in [-0.25, -0.2) is 13.6 Å². The van der Waals surface area contributed by atoms with E-state index in [4.69, 9.17) is 10.2 Å². The number of furan rings is 1. The fourth-order valence-corrected chi connectivity index (χ4v) is 1.49. The fraction of sp³-hybridized carbons (Fsp3) is 0.182. The second kappa shape index (κ2) is 4.04. The summed E-state index contributed by atoms with van der Waals surface area (Å²) in [5.41, 5.74) is 5.19. The molecule has 17 heavy (non-hydrogen) atoms. The van der Waals surface area contributed by atoms with Gasteiger partial charge >= 0.3 is 5.97 Å². The number of esters is 1. The van der Waals surface area contributed by atoms with Crippen LogP contribution < -0.4 is 5.73 Å². The Morgan fingerprint density at radius 2 is 2.18 bits per heavy atom. The van der Waals surface area contributed by atoms with Crippen LogP contribution in [0.25, 0.3) is 11.0 Å². The van der Waals surface area contributed by atoms with Crippen LogP contribution in [0.5, 0.6) is 0 Å². The summed E-state index contributed by atoms with van der Waals surface area (Å²) in [7, 11) is 0. The van der Waals surface area contributed by atoms with Crippen molar-refractivity contribution in [3.8, 4) is 0 Å². The minimum absolute atomic E-state index is 0.0190. The summed E-state index contributed by atoms with van der Waals surface area (Å²) >= 11 is 0. The highest BCUT2D eigenvalue weighted by Gasteiger charge is 2.22. The highest BCUT2D eigenvalue weighted by Crippen LogP contribution is 2.31. The maximum Gasteiger partial charge on any atom is 0.376 e. The van der Waals surface area contributed by atoms with E-state index in [1.54, 1.807) is 6.92 Å². The molecule has 0 aliphatic rings. The van der Waals surface area contributed by atoms with Gasteiger partial charge in [-0.1, -0.05) is 0 Å². The number of carbonyl (C=O) groups is 1. The number of rotatable bonds is 2. The van der Waals surface area contributed by atoms with Crippen molar-refractivity contribution in [1.29, 1.82) is 0 Å². The predicted molar refractivity (Wildman–Crippen MR) is 56.5 cm³/mol. The highest BCUT2D eigenvalue weighted by molar-refractivity contribution is 6.03.